The molecule has 0 amide bonds. The molecule has 1 aromatic heterocycles. The molecule has 180 valence electrons. The highest BCUT2D eigenvalue weighted by Crippen LogP contribution is 2.48. The summed E-state index contributed by atoms with van der Waals surface area (Å²) in [5, 5.41) is 3.22. The largest absolute Gasteiger partial charge is 0.454 e. The van der Waals surface area contributed by atoms with Gasteiger partial charge in [0.1, 0.15) is 0 Å². The second-order valence-electron chi connectivity index (χ2n) is 7.86. The first-order valence-corrected chi connectivity index (χ1v) is 12.6. The highest BCUT2D eigenvalue weighted by Gasteiger charge is 2.36. The zero-order chi connectivity index (χ0) is 24.3. The van der Waals surface area contributed by atoms with Gasteiger partial charge in [-0.3, -0.25) is 4.57 Å². The number of fused-ring (bicyclic) bond motifs is 1. The summed E-state index contributed by atoms with van der Waals surface area (Å²) >= 11 is 0. The highest BCUT2D eigenvalue weighted by molar-refractivity contribution is 7.62. The fraction of sp³-hybridized carbons (Fsp3) is 0.192. The first-order valence-electron chi connectivity index (χ1n) is 11.1. The fourth-order valence-electron chi connectivity index (χ4n) is 4.00. The van der Waals surface area contributed by atoms with Gasteiger partial charge in [0.2, 0.25) is 24.0 Å². The number of ether oxygens (including phenoxy) is 2. The van der Waals surface area contributed by atoms with Crippen LogP contribution in [0.5, 0.6) is 11.5 Å². The molecule has 5 rings (SSSR count). The van der Waals surface area contributed by atoms with E-state index < -0.39 is 7.60 Å². The molecule has 3 aromatic carbocycles. The van der Waals surface area contributed by atoms with Crippen LogP contribution in [0.15, 0.2) is 83.3 Å². The van der Waals surface area contributed by atoms with Crippen molar-refractivity contribution < 1.29 is 27.5 Å². The molecule has 4 aromatic rings. The van der Waals surface area contributed by atoms with Crippen LogP contribution in [0.3, 0.4) is 0 Å². The highest BCUT2D eigenvalue weighted by atomic mass is 31.2. The second-order valence-corrected chi connectivity index (χ2v) is 10.0. The lowest BCUT2D eigenvalue weighted by Crippen LogP contribution is -2.15. The lowest BCUT2D eigenvalue weighted by atomic mass is 9.91. The van der Waals surface area contributed by atoms with Gasteiger partial charge in [0, 0.05) is 20.8 Å². The average molecular weight is 492 g/mol. The smallest absolute Gasteiger partial charge is 0.384 e. The minimum atomic E-state index is -3.72. The Balaban J connectivity index is 1.54. The molecule has 1 aliphatic rings. The molecule has 2 heterocycles. The maximum Gasteiger partial charge on any atom is 0.384 e. The third-order valence-electron chi connectivity index (χ3n) is 5.77. The van der Waals surface area contributed by atoms with Crippen LogP contribution >= 0.6 is 7.60 Å². The molecular weight excluding hydrogens is 467 g/mol. The van der Waals surface area contributed by atoms with Crippen molar-refractivity contribution in [3.05, 3.63) is 101 Å². The number of benzene rings is 3. The van der Waals surface area contributed by atoms with Crippen LogP contribution in [-0.2, 0) is 20.2 Å². The molecule has 9 heteroatoms. The number of anilines is 1. The van der Waals surface area contributed by atoms with E-state index in [9.17, 15) is 4.57 Å². The standard InChI is InChI=1S/C26H25N2O6P/c1-30-35(29,31-2)26-25(27-16-18-13-14-21-22(15-18)33-17-32-21)34-24(28-26)23(19-9-5-3-6-10-19)20-11-7-4-8-12-20/h3-15,23,27H,16-17H2,1-2H3. The van der Waals surface area contributed by atoms with Crippen LogP contribution in [0, 0.1) is 0 Å². The molecule has 0 bridgehead atoms. The molecule has 0 saturated heterocycles. The van der Waals surface area contributed by atoms with Gasteiger partial charge in [-0.05, 0) is 28.8 Å². The number of hydrogen-bond donors (Lipinski definition) is 1. The third-order valence-corrected chi connectivity index (χ3v) is 7.55. The summed E-state index contributed by atoms with van der Waals surface area (Å²) < 4.78 is 41.0. The Morgan fingerprint density at radius 3 is 2.17 bits per heavy atom. The van der Waals surface area contributed by atoms with Crippen LogP contribution in [0.1, 0.15) is 28.5 Å². The number of rotatable bonds is 9. The summed E-state index contributed by atoms with van der Waals surface area (Å²) in [5.74, 6) is 1.66. The van der Waals surface area contributed by atoms with Gasteiger partial charge in [0.05, 0.1) is 5.92 Å². The molecule has 0 radical (unpaired) electrons. The van der Waals surface area contributed by atoms with Gasteiger partial charge in [-0.2, -0.15) is 0 Å². The molecule has 0 spiro atoms. The van der Waals surface area contributed by atoms with Crippen LogP contribution < -0.4 is 20.2 Å². The number of oxazole rings is 1. The minimum Gasteiger partial charge on any atom is -0.454 e. The van der Waals surface area contributed by atoms with E-state index in [0.717, 1.165) is 16.7 Å². The number of nitrogens with one attached hydrogen (secondary N) is 1. The Morgan fingerprint density at radius 1 is 0.914 bits per heavy atom. The predicted octanol–water partition coefficient (Wildman–Crippen LogP) is 5.31. The Morgan fingerprint density at radius 2 is 1.54 bits per heavy atom. The van der Waals surface area contributed by atoms with Gasteiger partial charge in [0.25, 0.3) is 0 Å². The molecule has 1 aliphatic heterocycles. The minimum absolute atomic E-state index is 0.0927. The van der Waals surface area contributed by atoms with Crippen molar-refractivity contribution in [1.29, 1.82) is 0 Å². The second kappa shape index (κ2) is 9.96. The summed E-state index contributed by atoms with van der Waals surface area (Å²) in [4.78, 5) is 4.66. The van der Waals surface area contributed by atoms with Crippen LogP contribution in [0.4, 0.5) is 5.88 Å². The van der Waals surface area contributed by atoms with Gasteiger partial charge in [-0.15, -0.1) is 0 Å². The Labute approximate surface area is 203 Å². The zero-order valence-corrected chi connectivity index (χ0v) is 20.2. The normalized spacial score (nSPS) is 12.8. The maximum absolute atomic E-state index is 13.4. The molecule has 35 heavy (non-hydrogen) atoms. The van der Waals surface area contributed by atoms with Crippen LogP contribution in [-0.4, -0.2) is 26.0 Å². The summed E-state index contributed by atoms with van der Waals surface area (Å²) in [6.45, 7) is 0.570. The molecule has 0 unspecified atom stereocenters. The van der Waals surface area contributed by atoms with Crippen molar-refractivity contribution in [3.63, 3.8) is 0 Å². The first kappa shape index (κ1) is 23.2. The Hall–Kier alpha value is -3.58. The van der Waals surface area contributed by atoms with E-state index in [4.69, 9.17) is 22.9 Å². The SMILES string of the molecule is COP(=O)(OC)c1nc(C(c2ccccc2)c2ccccc2)oc1NCc1ccc2c(c1)OCO2. The van der Waals surface area contributed by atoms with Crippen molar-refractivity contribution >= 4 is 18.9 Å². The van der Waals surface area contributed by atoms with E-state index in [1.165, 1.54) is 14.2 Å². The average Bonchev–Trinajstić information content (AvgIpc) is 3.56. The molecule has 0 fully saturated rings. The molecule has 8 nitrogen and oxygen atoms in total. The summed E-state index contributed by atoms with van der Waals surface area (Å²) in [5.41, 5.74) is 2.98. The van der Waals surface area contributed by atoms with Gasteiger partial charge in [0.15, 0.2) is 11.5 Å². The number of aromatic nitrogens is 1. The molecule has 1 N–H and O–H groups in total. The topological polar surface area (TPSA) is 92.1 Å². The van der Waals surface area contributed by atoms with E-state index in [1.807, 2.05) is 78.9 Å². The van der Waals surface area contributed by atoms with Crippen molar-refractivity contribution in [2.45, 2.75) is 12.5 Å². The lowest BCUT2D eigenvalue weighted by molar-refractivity contribution is 0.174. The Kier molecular flexibility index (Phi) is 6.59. The van der Waals surface area contributed by atoms with Crippen molar-refractivity contribution in [1.82, 2.24) is 4.98 Å². The lowest BCUT2D eigenvalue weighted by Gasteiger charge is -2.14. The van der Waals surface area contributed by atoms with E-state index in [1.54, 1.807) is 0 Å². The van der Waals surface area contributed by atoms with E-state index in [2.05, 4.69) is 10.3 Å². The molecular formula is C26H25N2O6P. The van der Waals surface area contributed by atoms with Gasteiger partial charge in [-0.25, -0.2) is 4.98 Å². The van der Waals surface area contributed by atoms with E-state index >= 15 is 0 Å². The molecule has 0 atom stereocenters. The van der Waals surface area contributed by atoms with Gasteiger partial charge < -0.3 is 28.3 Å². The Bertz CT molecular complexity index is 1300. The summed E-state index contributed by atoms with van der Waals surface area (Å²) in [6.07, 6.45) is 0. The fourth-order valence-corrected chi connectivity index (χ4v) is 5.09. The predicted molar refractivity (Wildman–Crippen MR) is 131 cm³/mol. The third kappa shape index (κ3) is 4.68. The number of hydrogen-bond acceptors (Lipinski definition) is 8. The maximum atomic E-state index is 13.4. The quantitative estimate of drug-likeness (QED) is 0.315. The molecule has 0 aliphatic carbocycles. The van der Waals surface area contributed by atoms with E-state index in [0.29, 0.717) is 23.9 Å². The summed E-state index contributed by atoms with van der Waals surface area (Å²) in [7, 11) is -1.07. The van der Waals surface area contributed by atoms with Crippen molar-refractivity contribution in [2.75, 3.05) is 26.3 Å². The van der Waals surface area contributed by atoms with E-state index in [-0.39, 0.29) is 24.0 Å². The van der Waals surface area contributed by atoms with Crippen LogP contribution in [0.25, 0.3) is 0 Å². The van der Waals surface area contributed by atoms with Gasteiger partial charge >= 0.3 is 7.60 Å². The first-order chi connectivity index (χ1) is 17.1. The summed E-state index contributed by atoms with van der Waals surface area (Å²) in [6, 6.07) is 25.4. The number of nitrogens with zero attached hydrogens (tertiary/aromatic N) is 1. The zero-order valence-electron chi connectivity index (χ0n) is 19.3. The van der Waals surface area contributed by atoms with Crippen molar-refractivity contribution in [3.8, 4) is 11.5 Å². The van der Waals surface area contributed by atoms with Crippen molar-refractivity contribution in [2.24, 2.45) is 0 Å². The van der Waals surface area contributed by atoms with Crippen LogP contribution in [0.2, 0.25) is 0 Å². The van der Waals surface area contributed by atoms with Gasteiger partial charge in [-0.1, -0.05) is 66.7 Å². The molecule has 0 saturated carbocycles. The monoisotopic (exact) mass is 492 g/mol.